The van der Waals surface area contributed by atoms with Gasteiger partial charge >= 0.3 is 18.2 Å². The van der Waals surface area contributed by atoms with Crippen molar-refractivity contribution in [1.82, 2.24) is 5.32 Å². The topological polar surface area (TPSA) is 114 Å². The Balaban J connectivity index is 1.56. The van der Waals surface area contributed by atoms with E-state index in [2.05, 4.69) is 17.2 Å². The maximum Gasteiger partial charge on any atom is 0.417 e. The molecule has 5 aromatic carbocycles. The molecule has 8 nitrogen and oxygen atoms in total. The third kappa shape index (κ3) is 6.79. The molecule has 43 heavy (non-hydrogen) atoms. The number of rotatable bonds is 9. The van der Waals surface area contributed by atoms with Gasteiger partial charge in [-0.25, -0.2) is 14.4 Å². The van der Waals surface area contributed by atoms with Crippen LogP contribution in [0.15, 0.2) is 114 Å². The number of aliphatic carboxylic acids is 1. The van der Waals surface area contributed by atoms with E-state index in [1.807, 2.05) is 85.1 Å². The van der Waals surface area contributed by atoms with Crippen molar-refractivity contribution in [2.45, 2.75) is 11.3 Å². The van der Waals surface area contributed by atoms with E-state index < -0.39 is 18.2 Å². The lowest BCUT2D eigenvalue weighted by molar-refractivity contribution is -0.132. The number of carboxylic acid groups (broad SMARTS) is 1. The molecule has 0 fully saturated rings. The summed E-state index contributed by atoms with van der Waals surface area (Å²) in [4.78, 5) is 38.1. The van der Waals surface area contributed by atoms with E-state index in [9.17, 15) is 14.4 Å². The fraction of sp³-hybridized carbons (Fsp3) is 0.0882. The summed E-state index contributed by atoms with van der Waals surface area (Å²) < 4.78 is 11.7. The van der Waals surface area contributed by atoms with Crippen LogP contribution in [0, 0.1) is 0 Å². The molecule has 0 aliphatic carbocycles. The van der Waals surface area contributed by atoms with Gasteiger partial charge in [-0.3, -0.25) is 5.32 Å². The predicted molar refractivity (Wildman–Crippen MR) is 170 cm³/mol. The Bertz CT molecular complexity index is 1870. The number of amides is 2. The lowest BCUT2D eigenvalue weighted by Crippen LogP contribution is -2.28. The third-order valence-corrected chi connectivity index (χ3v) is 7.48. The minimum atomic E-state index is -1.13. The Labute approximate surface area is 252 Å². The largest absolute Gasteiger partial charge is 0.478 e. The normalized spacial score (nSPS) is 10.7. The molecule has 0 radical (unpaired) electrons. The van der Waals surface area contributed by atoms with E-state index in [1.54, 1.807) is 30.0 Å². The van der Waals surface area contributed by atoms with Crippen molar-refractivity contribution >= 4 is 57.1 Å². The first-order valence-electron chi connectivity index (χ1n) is 13.4. The van der Waals surface area contributed by atoms with Crippen LogP contribution >= 0.6 is 11.8 Å². The molecule has 9 heteroatoms. The monoisotopic (exact) mass is 592 g/mol. The van der Waals surface area contributed by atoms with Crippen molar-refractivity contribution < 1.29 is 29.0 Å². The zero-order valence-corrected chi connectivity index (χ0v) is 24.1. The Kier molecular flexibility index (Phi) is 8.93. The van der Waals surface area contributed by atoms with Gasteiger partial charge in [-0.15, -0.1) is 11.8 Å². The van der Waals surface area contributed by atoms with Crippen LogP contribution in [0.2, 0.25) is 0 Å². The molecule has 5 rings (SSSR count). The van der Waals surface area contributed by atoms with E-state index in [0.29, 0.717) is 16.8 Å². The van der Waals surface area contributed by atoms with Crippen molar-refractivity contribution in [3.05, 3.63) is 109 Å². The SMILES string of the molecule is C=C(CCNC(=O)Oc1ccc2ccccc2c1-c1c(OC(=O)Nc2cccc(SC)c2)ccc2ccccc12)C(=O)O. The first-order valence-corrected chi connectivity index (χ1v) is 14.6. The van der Waals surface area contributed by atoms with Crippen LogP contribution in [-0.4, -0.2) is 36.1 Å². The van der Waals surface area contributed by atoms with Crippen molar-refractivity contribution in [2.24, 2.45) is 0 Å². The van der Waals surface area contributed by atoms with E-state index in [4.69, 9.17) is 14.6 Å². The molecule has 0 aliphatic heterocycles. The second-order valence-corrected chi connectivity index (χ2v) is 10.4. The fourth-order valence-electron chi connectivity index (χ4n) is 4.69. The van der Waals surface area contributed by atoms with Crippen molar-refractivity contribution in [2.75, 3.05) is 18.1 Å². The molecular formula is C34H28N2O6S. The van der Waals surface area contributed by atoms with E-state index in [1.165, 1.54) is 0 Å². The minimum Gasteiger partial charge on any atom is -0.478 e. The van der Waals surface area contributed by atoms with Crippen LogP contribution in [0.5, 0.6) is 11.5 Å². The predicted octanol–water partition coefficient (Wildman–Crippen LogP) is 8.11. The van der Waals surface area contributed by atoms with Gasteiger partial charge in [0.15, 0.2) is 0 Å². The summed E-state index contributed by atoms with van der Waals surface area (Å²) in [6.07, 6.45) is 0.582. The van der Waals surface area contributed by atoms with Gasteiger partial charge < -0.3 is 19.9 Å². The molecule has 0 unspecified atom stereocenters. The highest BCUT2D eigenvalue weighted by atomic mass is 32.2. The van der Waals surface area contributed by atoms with E-state index >= 15 is 0 Å². The molecule has 216 valence electrons. The smallest absolute Gasteiger partial charge is 0.417 e. The molecule has 0 saturated heterocycles. The fourth-order valence-corrected chi connectivity index (χ4v) is 5.15. The number of benzene rings is 5. The number of hydrogen-bond donors (Lipinski definition) is 3. The van der Waals surface area contributed by atoms with Gasteiger partial charge in [0, 0.05) is 33.8 Å². The molecule has 0 aromatic heterocycles. The molecule has 0 bridgehead atoms. The average molecular weight is 593 g/mol. The lowest BCUT2D eigenvalue weighted by atomic mass is 9.92. The summed E-state index contributed by atoms with van der Waals surface area (Å²) in [6, 6.07) is 29.9. The molecule has 0 atom stereocenters. The van der Waals surface area contributed by atoms with Gasteiger partial charge in [0.2, 0.25) is 0 Å². The Morgan fingerprint density at radius 1 is 0.767 bits per heavy atom. The van der Waals surface area contributed by atoms with Gasteiger partial charge in [0.25, 0.3) is 0 Å². The van der Waals surface area contributed by atoms with Crippen LogP contribution < -0.4 is 20.1 Å². The number of nitrogens with one attached hydrogen (secondary N) is 2. The summed E-state index contributed by atoms with van der Waals surface area (Å²) in [5.41, 5.74) is 1.70. The minimum absolute atomic E-state index is 0.0253. The number of carbonyl (C=O) groups excluding carboxylic acids is 2. The maximum atomic E-state index is 13.2. The number of hydrogen-bond acceptors (Lipinski definition) is 6. The zero-order valence-electron chi connectivity index (χ0n) is 23.3. The highest BCUT2D eigenvalue weighted by Crippen LogP contribution is 2.45. The third-order valence-electron chi connectivity index (χ3n) is 6.75. The highest BCUT2D eigenvalue weighted by Gasteiger charge is 2.22. The first kappa shape index (κ1) is 29.2. The molecule has 0 saturated carbocycles. The average Bonchev–Trinajstić information content (AvgIpc) is 3.01. The summed E-state index contributed by atoms with van der Waals surface area (Å²) in [5.74, 6) is -0.615. The van der Waals surface area contributed by atoms with Gasteiger partial charge in [-0.05, 0) is 64.6 Å². The van der Waals surface area contributed by atoms with Gasteiger partial charge in [-0.1, -0.05) is 73.3 Å². The summed E-state index contributed by atoms with van der Waals surface area (Å²) >= 11 is 1.56. The number of carbonyl (C=O) groups is 3. The molecular weight excluding hydrogens is 564 g/mol. The molecule has 5 aromatic rings. The van der Waals surface area contributed by atoms with Crippen molar-refractivity contribution in [1.29, 1.82) is 0 Å². The zero-order chi connectivity index (χ0) is 30.3. The standard InChI is InChI=1S/C34H28N2O6S/c1-21(32(37)38)18-19-35-33(39)41-28-16-14-22-8-3-5-12-26(22)30(28)31-27-13-6-4-9-23(27)15-17-29(31)42-34(40)36-24-10-7-11-25(20-24)43-2/h3-17,20H,1,18-19H2,2H3,(H,35,39)(H,36,40)(H,37,38). The number of ether oxygens (including phenoxy) is 2. The van der Waals surface area contributed by atoms with Crippen molar-refractivity contribution in [3.63, 3.8) is 0 Å². The van der Waals surface area contributed by atoms with Crippen LogP contribution in [0.1, 0.15) is 6.42 Å². The second kappa shape index (κ2) is 13.1. The molecule has 0 heterocycles. The van der Waals surface area contributed by atoms with Crippen LogP contribution in [0.3, 0.4) is 0 Å². The van der Waals surface area contributed by atoms with Crippen LogP contribution in [0.25, 0.3) is 32.7 Å². The van der Waals surface area contributed by atoms with Gasteiger partial charge in [-0.2, -0.15) is 0 Å². The molecule has 2 amide bonds. The second-order valence-electron chi connectivity index (χ2n) is 9.54. The molecule has 0 spiro atoms. The number of fused-ring (bicyclic) bond motifs is 2. The number of carboxylic acids is 1. The number of anilines is 1. The Morgan fingerprint density at radius 3 is 1.93 bits per heavy atom. The quantitative estimate of drug-likeness (QED) is 0.117. The molecule has 3 N–H and O–H groups in total. The van der Waals surface area contributed by atoms with Crippen LogP contribution in [-0.2, 0) is 4.79 Å². The first-order chi connectivity index (χ1) is 20.8. The van der Waals surface area contributed by atoms with Gasteiger partial charge in [0.1, 0.15) is 11.5 Å². The van der Waals surface area contributed by atoms with Crippen LogP contribution in [0.4, 0.5) is 15.3 Å². The van der Waals surface area contributed by atoms with Gasteiger partial charge in [0.05, 0.1) is 0 Å². The van der Waals surface area contributed by atoms with Crippen molar-refractivity contribution in [3.8, 4) is 22.6 Å². The Hall–Kier alpha value is -5.28. The molecule has 0 aliphatic rings. The van der Waals surface area contributed by atoms with E-state index in [0.717, 1.165) is 26.4 Å². The highest BCUT2D eigenvalue weighted by molar-refractivity contribution is 7.98. The maximum absolute atomic E-state index is 13.2. The Morgan fingerprint density at radius 2 is 1.35 bits per heavy atom. The number of thioether (sulfide) groups is 1. The van der Waals surface area contributed by atoms with E-state index in [-0.39, 0.29) is 30.0 Å². The summed E-state index contributed by atoms with van der Waals surface area (Å²) in [5, 5.41) is 17.8. The summed E-state index contributed by atoms with van der Waals surface area (Å²) in [6.45, 7) is 3.52. The lowest BCUT2D eigenvalue weighted by Gasteiger charge is -2.19. The summed E-state index contributed by atoms with van der Waals surface area (Å²) in [7, 11) is 0.